The molecule has 0 unspecified atom stereocenters. The fourth-order valence-electron chi connectivity index (χ4n) is 2.24. The summed E-state index contributed by atoms with van der Waals surface area (Å²) in [5.41, 5.74) is 1.96. The minimum Gasteiger partial charge on any atom is -0.334 e. The summed E-state index contributed by atoms with van der Waals surface area (Å²) in [6.07, 6.45) is 4.65. The van der Waals surface area contributed by atoms with Crippen LogP contribution in [0.15, 0.2) is 49.6 Å². The maximum atomic E-state index is 11.9. The van der Waals surface area contributed by atoms with Crippen molar-refractivity contribution in [3.63, 3.8) is 0 Å². The predicted octanol–water partition coefficient (Wildman–Crippen LogP) is 1.27. The highest BCUT2D eigenvalue weighted by Gasteiger charge is 2.16. The number of urea groups is 1. The lowest BCUT2D eigenvalue weighted by Gasteiger charge is -2.24. The van der Waals surface area contributed by atoms with E-state index in [2.05, 4.69) is 27.3 Å². The Balaban J connectivity index is 1.90. The van der Waals surface area contributed by atoms with Crippen LogP contribution in [0, 0.1) is 0 Å². The summed E-state index contributed by atoms with van der Waals surface area (Å²) in [4.78, 5) is 29.2. The van der Waals surface area contributed by atoms with E-state index in [1.807, 2.05) is 43.1 Å². The molecule has 0 radical (unpaired) electrons. The van der Waals surface area contributed by atoms with Crippen molar-refractivity contribution in [1.82, 2.24) is 30.3 Å². The number of hydrogen-bond acceptors (Lipinski definition) is 5. The lowest BCUT2D eigenvalue weighted by atomic mass is 10.1. The molecule has 0 saturated carbocycles. The number of rotatable bonds is 7. The molecule has 1 heterocycles. The molecule has 8 nitrogen and oxygen atoms in total. The number of amides is 3. The summed E-state index contributed by atoms with van der Waals surface area (Å²) in [6.45, 7) is 5.90. The van der Waals surface area contributed by atoms with Gasteiger partial charge in [0.05, 0.1) is 12.2 Å². The quantitative estimate of drug-likeness (QED) is 0.739. The van der Waals surface area contributed by atoms with Crippen LogP contribution >= 0.6 is 0 Å². The van der Waals surface area contributed by atoms with E-state index in [4.69, 9.17) is 0 Å². The Kier molecular flexibility index (Phi) is 6.41. The van der Waals surface area contributed by atoms with Crippen molar-refractivity contribution in [3.05, 3.63) is 55.1 Å². The third-order valence-electron chi connectivity index (χ3n) is 3.77. The molecular weight excluding hydrogens is 320 g/mol. The number of likely N-dealkylation sites (N-methyl/N-ethyl adjacent to an activating group) is 1. The van der Waals surface area contributed by atoms with Gasteiger partial charge in [-0.05, 0) is 31.7 Å². The van der Waals surface area contributed by atoms with E-state index < -0.39 is 6.03 Å². The Bertz CT molecular complexity index is 711. The smallest absolute Gasteiger partial charge is 0.321 e. The number of imide groups is 1. The predicted molar refractivity (Wildman–Crippen MR) is 94.1 cm³/mol. The van der Waals surface area contributed by atoms with Crippen LogP contribution in [0.3, 0.4) is 0 Å². The molecule has 1 atom stereocenters. The number of benzene rings is 1. The SMILES string of the molecule is C=CCNC(=O)NC(=O)CN(C)[C@H](C)c1ccc(-n2cncn2)cc1. The highest BCUT2D eigenvalue weighted by molar-refractivity contribution is 5.95. The highest BCUT2D eigenvalue weighted by atomic mass is 16.2. The summed E-state index contributed by atoms with van der Waals surface area (Å²) in [7, 11) is 1.83. The van der Waals surface area contributed by atoms with Gasteiger partial charge >= 0.3 is 6.03 Å². The van der Waals surface area contributed by atoms with Gasteiger partial charge in [0.15, 0.2) is 0 Å². The molecule has 1 aromatic heterocycles. The molecule has 8 heteroatoms. The zero-order valence-electron chi connectivity index (χ0n) is 14.3. The third-order valence-corrected chi connectivity index (χ3v) is 3.77. The van der Waals surface area contributed by atoms with Crippen molar-refractivity contribution in [3.8, 4) is 5.69 Å². The highest BCUT2D eigenvalue weighted by Crippen LogP contribution is 2.19. The zero-order valence-corrected chi connectivity index (χ0v) is 14.3. The van der Waals surface area contributed by atoms with Crippen LogP contribution in [-0.2, 0) is 4.79 Å². The first-order valence-corrected chi connectivity index (χ1v) is 7.85. The molecule has 25 heavy (non-hydrogen) atoms. The Hall–Kier alpha value is -3.00. The molecule has 2 rings (SSSR count). The van der Waals surface area contributed by atoms with Gasteiger partial charge in [0.25, 0.3) is 0 Å². The number of hydrogen-bond donors (Lipinski definition) is 2. The van der Waals surface area contributed by atoms with Crippen molar-refractivity contribution in [2.75, 3.05) is 20.1 Å². The molecule has 0 aliphatic heterocycles. The standard InChI is InChI=1S/C17H22N6O2/c1-4-9-19-17(25)21-16(24)10-22(3)13(2)14-5-7-15(8-6-14)23-12-18-11-20-23/h4-8,11-13H,1,9-10H2,2-3H3,(H2,19,21,24,25)/t13-/m1/s1. The Morgan fingerprint density at radius 1 is 1.36 bits per heavy atom. The third kappa shape index (κ3) is 5.25. The minimum absolute atomic E-state index is 0.00628. The van der Waals surface area contributed by atoms with Gasteiger partial charge in [-0.1, -0.05) is 18.2 Å². The summed E-state index contributed by atoms with van der Waals surface area (Å²) < 4.78 is 1.67. The van der Waals surface area contributed by atoms with Crippen LogP contribution in [0.25, 0.3) is 5.69 Å². The average Bonchev–Trinajstić information content (AvgIpc) is 3.13. The van der Waals surface area contributed by atoms with Crippen molar-refractivity contribution in [1.29, 1.82) is 0 Å². The van der Waals surface area contributed by atoms with Crippen LogP contribution in [-0.4, -0.2) is 51.7 Å². The van der Waals surface area contributed by atoms with Gasteiger partial charge in [0, 0.05) is 12.6 Å². The van der Waals surface area contributed by atoms with Crippen molar-refractivity contribution < 1.29 is 9.59 Å². The van der Waals surface area contributed by atoms with Crippen molar-refractivity contribution in [2.24, 2.45) is 0 Å². The molecule has 0 saturated heterocycles. The largest absolute Gasteiger partial charge is 0.334 e. The Labute approximate surface area is 146 Å². The molecule has 0 spiro atoms. The van der Waals surface area contributed by atoms with Crippen molar-refractivity contribution >= 4 is 11.9 Å². The van der Waals surface area contributed by atoms with Crippen LogP contribution in [0.2, 0.25) is 0 Å². The molecular formula is C17H22N6O2. The zero-order chi connectivity index (χ0) is 18.2. The summed E-state index contributed by atoms with van der Waals surface area (Å²) in [5.74, 6) is -0.366. The van der Waals surface area contributed by atoms with Gasteiger partial charge in [0.2, 0.25) is 5.91 Å². The van der Waals surface area contributed by atoms with E-state index >= 15 is 0 Å². The number of carbonyl (C=O) groups excluding carboxylic acids is 2. The number of carbonyl (C=O) groups is 2. The molecule has 3 amide bonds. The van der Waals surface area contributed by atoms with E-state index in [1.54, 1.807) is 17.1 Å². The molecule has 0 aliphatic carbocycles. The van der Waals surface area contributed by atoms with E-state index in [0.29, 0.717) is 6.54 Å². The van der Waals surface area contributed by atoms with Gasteiger partial charge < -0.3 is 5.32 Å². The number of nitrogens with one attached hydrogen (secondary N) is 2. The van der Waals surface area contributed by atoms with Gasteiger partial charge in [-0.15, -0.1) is 6.58 Å². The van der Waals surface area contributed by atoms with Crippen LogP contribution in [0.1, 0.15) is 18.5 Å². The maximum Gasteiger partial charge on any atom is 0.321 e. The molecule has 1 aromatic carbocycles. The second-order valence-corrected chi connectivity index (χ2v) is 5.57. The second kappa shape index (κ2) is 8.74. The molecule has 132 valence electrons. The van der Waals surface area contributed by atoms with Crippen LogP contribution in [0.4, 0.5) is 4.79 Å². The maximum absolute atomic E-state index is 11.9. The summed E-state index contributed by atoms with van der Waals surface area (Å²) >= 11 is 0. The lowest BCUT2D eigenvalue weighted by molar-refractivity contribution is -0.121. The molecule has 0 fully saturated rings. The molecule has 0 bridgehead atoms. The average molecular weight is 342 g/mol. The Morgan fingerprint density at radius 2 is 2.08 bits per heavy atom. The summed E-state index contributed by atoms with van der Waals surface area (Å²) in [6, 6.07) is 7.32. The number of nitrogens with zero attached hydrogens (tertiary/aromatic N) is 4. The molecule has 2 aromatic rings. The lowest BCUT2D eigenvalue weighted by Crippen LogP contribution is -2.44. The summed E-state index contributed by atoms with van der Waals surface area (Å²) in [5, 5.41) is 8.86. The van der Waals surface area contributed by atoms with Gasteiger partial charge in [-0.2, -0.15) is 5.10 Å². The first kappa shape index (κ1) is 18.3. The van der Waals surface area contributed by atoms with Gasteiger partial charge in [0.1, 0.15) is 12.7 Å². The van der Waals surface area contributed by atoms with Gasteiger partial charge in [-0.3, -0.25) is 15.0 Å². The van der Waals surface area contributed by atoms with E-state index in [9.17, 15) is 9.59 Å². The second-order valence-electron chi connectivity index (χ2n) is 5.57. The van der Waals surface area contributed by atoms with E-state index in [0.717, 1.165) is 11.3 Å². The van der Waals surface area contributed by atoms with Crippen LogP contribution < -0.4 is 10.6 Å². The molecule has 2 N–H and O–H groups in total. The normalized spacial score (nSPS) is 11.8. The molecule has 0 aliphatic rings. The topological polar surface area (TPSA) is 92.2 Å². The first-order chi connectivity index (χ1) is 12.0. The first-order valence-electron chi connectivity index (χ1n) is 7.85. The van der Waals surface area contributed by atoms with E-state index in [1.165, 1.54) is 6.33 Å². The van der Waals surface area contributed by atoms with E-state index in [-0.39, 0.29) is 18.5 Å². The number of aromatic nitrogens is 3. The van der Waals surface area contributed by atoms with Crippen molar-refractivity contribution in [2.45, 2.75) is 13.0 Å². The monoisotopic (exact) mass is 342 g/mol. The fraction of sp³-hybridized carbons (Fsp3) is 0.294. The van der Waals surface area contributed by atoms with Gasteiger partial charge in [-0.25, -0.2) is 14.5 Å². The Morgan fingerprint density at radius 3 is 2.68 bits per heavy atom. The van der Waals surface area contributed by atoms with Crippen LogP contribution in [0.5, 0.6) is 0 Å². The minimum atomic E-state index is -0.525. The fourth-order valence-corrected chi connectivity index (χ4v) is 2.24.